The van der Waals surface area contributed by atoms with Crippen molar-refractivity contribution < 1.29 is 80.2 Å². The minimum Gasteiger partial charge on any atom is -0.462 e. The van der Waals surface area contributed by atoms with Gasteiger partial charge in [-0.2, -0.15) is 0 Å². The molecule has 0 heterocycles. The lowest BCUT2D eigenvalue weighted by molar-refractivity contribution is -0.161. The van der Waals surface area contributed by atoms with Crippen LogP contribution in [0.1, 0.15) is 369 Å². The van der Waals surface area contributed by atoms with E-state index in [0.717, 1.165) is 102 Å². The predicted octanol–water partition coefficient (Wildman–Crippen LogP) is 20.8. The SMILES string of the molecule is CCCCCCCCCCCCCCCC(=O)OC[C@H](COP(=O)(O)OC[C@@H](O)COP(=O)(O)OC[C@@H](COC(=O)CCCCCCCCCCCCCC)OC(=O)CCCCCCCCCCCC(C)C)OC(=O)CCCCCCCCCCCCCC(C)C. The number of carbonyl (C=O) groups is 4. The summed E-state index contributed by atoms with van der Waals surface area (Å²) < 4.78 is 68.4. The van der Waals surface area contributed by atoms with Gasteiger partial charge in [0.25, 0.3) is 0 Å². The van der Waals surface area contributed by atoms with Crippen LogP contribution in [0.5, 0.6) is 0 Å². The first-order valence-corrected chi connectivity index (χ1v) is 40.5. The van der Waals surface area contributed by atoms with Gasteiger partial charge in [0.15, 0.2) is 12.2 Å². The van der Waals surface area contributed by atoms with Crippen LogP contribution in [0.2, 0.25) is 0 Å². The number of unbranched alkanes of at least 4 members (excludes halogenated alkanes) is 41. The smallest absolute Gasteiger partial charge is 0.462 e. The highest BCUT2D eigenvalue weighted by molar-refractivity contribution is 7.47. The first-order valence-electron chi connectivity index (χ1n) is 37.5. The highest BCUT2D eigenvalue weighted by atomic mass is 31.2. The molecule has 5 atom stereocenters. The van der Waals surface area contributed by atoms with E-state index in [1.807, 2.05) is 0 Å². The Bertz CT molecular complexity index is 1770. The molecule has 0 radical (unpaired) electrons. The molecular weight excluding hydrogens is 1200 g/mol. The number of phosphoric ester groups is 2. The van der Waals surface area contributed by atoms with Crippen molar-refractivity contribution in [2.45, 2.75) is 387 Å². The first-order chi connectivity index (χ1) is 43.9. The number of hydrogen-bond acceptors (Lipinski definition) is 15. The van der Waals surface area contributed by atoms with Crippen molar-refractivity contribution in [3.63, 3.8) is 0 Å². The highest BCUT2D eigenvalue weighted by Crippen LogP contribution is 2.45. The minimum absolute atomic E-state index is 0.106. The molecule has 91 heavy (non-hydrogen) atoms. The Morgan fingerprint density at radius 2 is 0.505 bits per heavy atom. The second-order valence-electron chi connectivity index (χ2n) is 26.9. The van der Waals surface area contributed by atoms with Crippen LogP contribution in [0.25, 0.3) is 0 Å². The number of hydrogen-bond donors (Lipinski definition) is 3. The van der Waals surface area contributed by atoms with Crippen molar-refractivity contribution in [2.75, 3.05) is 39.6 Å². The van der Waals surface area contributed by atoms with Crippen molar-refractivity contribution in [3.8, 4) is 0 Å². The molecule has 0 aliphatic rings. The minimum atomic E-state index is -4.95. The Balaban J connectivity index is 5.26. The fourth-order valence-electron chi connectivity index (χ4n) is 10.9. The molecule has 540 valence electrons. The molecule has 0 fully saturated rings. The van der Waals surface area contributed by atoms with E-state index in [9.17, 15) is 43.2 Å². The molecule has 0 amide bonds. The second-order valence-corrected chi connectivity index (χ2v) is 29.8. The molecule has 0 aromatic heterocycles. The molecular formula is C72H140O17P2. The second kappa shape index (κ2) is 64.1. The molecule has 0 bridgehead atoms. The van der Waals surface area contributed by atoms with Gasteiger partial charge in [-0.25, -0.2) is 9.13 Å². The number of phosphoric acid groups is 2. The van der Waals surface area contributed by atoms with Crippen LogP contribution in [0, 0.1) is 11.8 Å². The first kappa shape index (κ1) is 89.1. The van der Waals surface area contributed by atoms with E-state index in [1.165, 1.54) is 186 Å². The number of esters is 4. The summed E-state index contributed by atoms with van der Waals surface area (Å²) >= 11 is 0. The van der Waals surface area contributed by atoms with Gasteiger partial charge in [0.1, 0.15) is 19.3 Å². The van der Waals surface area contributed by atoms with Gasteiger partial charge in [-0.3, -0.25) is 37.3 Å². The van der Waals surface area contributed by atoms with Crippen LogP contribution in [0.15, 0.2) is 0 Å². The van der Waals surface area contributed by atoms with Crippen LogP contribution in [-0.4, -0.2) is 96.7 Å². The van der Waals surface area contributed by atoms with Gasteiger partial charge in [0, 0.05) is 25.7 Å². The van der Waals surface area contributed by atoms with Crippen LogP contribution in [0.3, 0.4) is 0 Å². The van der Waals surface area contributed by atoms with E-state index in [-0.39, 0.29) is 25.7 Å². The van der Waals surface area contributed by atoms with Crippen molar-refractivity contribution in [2.24, 2.45) is 11.8 Å². The van der Waals surface area contributed by atoms with Gasteiger partial charge in [0.2, 0.25) is 0 Å². The van der Waals surface area contributed by atoms with Crippen molar-refractivity contribution in [3.05, 3.63) is 0 Å². The standard InChI is InChI=1S/C72H140O17P2/c1-7-9-11-13-15-17-19-21-25-31-37-43-49-55-70(75)83-60-67(88-71(76)56-50-44-38-32-26-22-23-28-34-40-46-52-64(3)4)62-86-90(78,79)84-58-66(73)59-85-91(80,81)87-63-68(89-72(77)57-51-45-39-33-27-29-35-41-47-53-65(5)6)61-82-69(74)54-48-42-36-30-24-20-18-16-14-12-10-8-2/h64-68,73H,7-63H2,1-6H3,(H,78,79)(H,80,81)/t66-,67-,68-/m1/s1. The van der Waals surface area contributed by atoms with E-state index in [1.54, 1.807) is 0 Å². The van der Waals surface area contributed by atoms with Gasteiger partial charge < -0.3 is 33.8 Å². The summed E-state index contributed by atoms with van der Waals surface area (Å²) in [7, 11) is -9.90. The molecule has 0 aromatic carbocycles. The van der Waals surface area contributed by atoms with Crippen molar-refractivity contribution in [1.82, 2.24) is 0 Å². The monoisotopic (exact) mass is 1340 g/mol. The molecule has 3 N–H and O–H groups in total. The zero-order chi connectivity index (χ0) is 67.2. The van der Waals surface area contributed by atoms with Crippen LogP contribution in [-0.2, 0) is 65.4 Å². The maximum atomic E-state index is 13.0. The van der Waals surface area contributed by atoms with E-state index >= 15 is 0 Å². The highest BCUT2D eigenvalue weighted by Gasteiger charge is 2.30. The fourth-order valence-corrected chi connectivity index (χ4v) is 12.5. The molecule has 0 aromatic rings. The molecule has 19 heteroatoms. The Morgan fingerprint density at radius 1 is 0.297 bits per heavy atom. The number of aliphatic hydroxyl groups excluding tert-OH is 1. The molecule has 0 saturated heterocycles. The molecule has 17 nitrogen and oxygen atoms in total. The van der Waals surface area contributed by atoms with Crippen molar-refractivity contribution >= 4 is 39.5 Å². The molecule has 2 unspecified atom stereocenters. The summed E-state index contributed by atoms with van der Waals surface area (Å²) in [6.45, 7) is 9.55. The average molecular weight is 1340 g/mol. The predicted molar refractivity (Wildman–Crippen MR) is 368 cm³/mol. The van der Waals surface area contributed by atoms with Crippen LogP contribution in [0.4, 0.5) is 0 Å². The van der Waals surface area contributed by atoms with E-state index < -0.39 is 97.5 Å². The van der Waals surface area contributed by atoms with E-state index in [0.29, 0.717) is 25.7 Å². The Hall–Kier alpha value is -1.94. The van der Waals surface area contributed by atoms with Crippen LogP contribution < -0.4 is 0 Å². The Kier molecular flexibility index (Phi) is 62.7. The molecule has 0 saturated carbocycles. The summed E-state index contributed by atoms with van der Waals surface area (Å²) in [6, 6.07) is 0. The number of aliphatic hydroxyl groups is 1. The lowest BCUT2D eigenvalue weighted by Crippen LogP contribution is -2.30. The van der Waals surface area contributed by atoms with Gasteiger partial charge >= 0.3 is 39.5 Å². The third kappa shape index (κ3) is 66.5. The van der Waals surface area contributed by atoms with Gasteiger partial charge in [-0.15, -0.1) is 0 Å². The van der Waals surface area contributed by atoms with E-state index in [4.69, 9.17) is 37.0 Å². The topological polar surface area (TPSA) is 237 Å². The molecule has 0 spiro atoms. The summed E-state index contributed by atoms with van der Waals surface area (Å²) in [4.78, 5) is 72.7. The Morgan fingerprint density at radius 3 is 0.747 bits per heavy atom. The van der Waals surface area contributed by atoms with Crippen LogP contribution >= 0.6 is 15.6 Å². The largest absolute Gasteiger partial charge is 0.472 e. The quantitative estimate of drug-likeness (QED) is 0.0222. The van der Waals surface area contributed by atoms with Gasteiger partial charge in [-0.1, -0.05) is 318 Å². The van der Waals surface area contributed by atoms with Gasteiger partial charge in [-0.05, 0) is 37.5 Å². The summed E-state index contributed by atoms with van der Waals surface area (Å²) in [5, 5.41) is 10.6. The molecule has 0 aliphatic carbocycles. The normalized spacial score (nSPS) is 14.1. The van der Waals surface area contributed by atoms with Crippen molar-refractivity contribution in [1.29, 1.82) is 0 Å². The maximum absolute atomic E-state index is 13.0. The molecule has 0 aliphatic heterocycles. The summed E-state index contributed by atoms with van der Waals surface area (Å²) in [5.74, 6) is -0.618. The Labute approximate surface area is 556 Å². The fraction of sp³-hybridized carbons (Fsp3) is 0.944. The number of carbonyl (C=O) groups excluding carboxylic acids is 4. The lowest BCUT2D eigenvalue weighted by Gasteiger charge is -2.21. The third-order valence-electron chi connectivity index (χ3n) is 16.7. The maximum Gasteiger partial charge on any atom is 0.472 e. The summed E-state index contributed by atoms with van der Waals surface area (Å²) in [5.41, 5.74) is 0. The zero-order valence-corrected chi connectivity index (χ0v) is 60.9. The zero-order valence-electron chi connectivity index (χ0n) is 59.1. The van der Waals surface area contributed by atoms with E-state index in [2.05, 4.69) is 41.5 Å². The number of ether oxygens (including phenoxy) is 4. The third-order valence-corrected chi connectivity index (χ3v) is 18.6. The lowest BCUT2D eigenvalue weighted by atomic mass is 10.0. The number of rotatable bonds is 71. The van der Waals surface area contributed by atoms with Gasteiger partial charge in [0.05, 0.1) is 26.4 Å². The molecule has 0 rings (SSSR count). The summed E-state index contributed by atoms with van der Waals surface area (Å²) in [6.07, 6.45) is 49.8. The average Bonchev–Trinajstić information content (AvgIpc) is 3.73.